The summed E-state index contributed by atoms with van der Waals surface area (Å²) in [7, 11) is 4.00. The quantitative estimate of drug-likeness (QED) is 0.149. The van der Waals surface area contributed by atoms with Crippen LogP contribution in [-0.2, 0) is 4.79 Å². The number of amides is 1. The maximum absolute atomic E-state index is 14.7. The summed E-state index contributed by atoms with van der Waals surface area (Å²) in [4.78, 5) is 32.1. The Labute approximate surface area is 259 Å². The highest BCUT2D eigenvalue weighted by Gasteiger charge is 2.23. The zero-order valence-corrected chi connectivity index (χ0v) is 25.2. The molecule has 1 aliphatic carbocycles. The van der Waals surface area contributed by atoms with Gasteiger partial charge in [-0.15, -0.1) is 0 Å². The summed E-state index contributed by atoms with van der Waals surface area (Å²) in [6.45, 7) is 1.53. The van der Waals surface area contributed by atoms with Gasteiger partial charge in [-0.2, -0.15) is 5.10 Å². The monoisotopic (exact) mass is 603 g/mol. The number of H-pyrrole nitrogens is 2. The second-order valence-corrected chi connectivity index (χ2v) is 11.9. The van der Waals surface area contributed by atoms with Crippen LogP contribution >= 0.6 is 0 Å². The molecule has 0 atom stereocenters. The molecule has 4 heterocycles. The van der Waals surface area contributed by atoms with E-state index < -0.39 is 0 Å². The summed E-state index contributed by atoms with van der Waals surface area (Å²) >= 11 is 0. The van der Waals surface area contributed by atoms with E-state index in [1.54, 1.807) is 18.6 Å². The molecule has 1 amide bonds. The lowest BCUT2D eigenvalue weighted by molar-refractivity contribution is -0.119. The first kappa shape index (κ1) is 28.6. The molecule has 1 fully saturated rings. The second-order valence-electron chi connectivity index (χ2n) is 11.9. The van der Waals surface area contributed by atoms with Crippen LogP contribution in [0.5, 0.6) is 0 Å². The van der Waals surface area contributed by atoms with Crippen molar-refractivity contribution in [1.29, 1.82) is 0 Å². The van der Waals surface area contributed by atoms with Crippen LogP contribution in [0.2, 0.25) is 0 Å². The van der Waals surface area contributed by atoms with Gasteiger partial charge in [0.25, 0.3) is 0 Å². The smallest absolute Gasteiger partial charge is 0.227 e. The third kappa shape index (κ3) is 5.99. The van der Waals surface area contributed by atoms with Crippen LogP contribution in [-0.4, -0.2) is 68.1 Å². The van der Waals surface area contributed by atoms with Crippen molar-refractivity contribution in [1.82, 2.24) is 35.0 Å². The lowest BCUT2D eigenvalue weighted by Gasteiger charge is -2.13. The number of carbonyl (C=O) groups is 1. The third-order valence-corrected chi connectivity index (χ3v) is 8.32. The predicted molar refractivity (Wildman–Crippen MR) is 175 cm³/mol. The Morgan fingerprint density at radius 1 is 1.00 bits per heavy atom. The molecule has 0 spiro atoms. The van der Waals surface area contributed by atoms with Crippen molar-refractivity contribution in [3.05, 3.63) is 72.9 Å². The number of hydrogen-bond acceptors (Lipinski definition) is 7. The van der Waals surface area contributed by atoms with Gasteiger partial charge in [-0.3, -0.25) is 14.9 Å². The Morgan fingerprint density at radius 3 is 2.67 bits per heavy atom. The number of halogens is 1. The number of fused-ring (bicyclic) bond motifs is 2. The lowest BCUT2D eigenvalue weighted by Crippen LogP contribution is -2.20. The van der Waals surface area contributed by atoms with Crippen LogP contribution in [0.4, 0.5) is 15.8 Å². The molecule has 0 aliphatic heterocycles. The maximum Gasteiger partial charge on any atom is 0.227 e. The fraction of sp³-hybridized carbons (Fsp3) is 0.265. The Kier molecular flexibility index (Phi) is 7.68. The summed E-state index contributed by atoms with van der Waals surface area (Å²) in [5.41, 5.74) is 7.34. The molecule has 45 heavy (non-hydrogen) atoms. The third-order valence-electron chi connectivity index (χ3n) is 8.32. The highest BCUT2D eigenvalue weighted by molar-refractivity contribution is 5.98. The molecular formula is C34H34FN9O. The number of benzene rings is 2. The molecule has 228 valence electrons. The lowest BCUT2D eigenvalue weighted by atomic mass is 10.0. The van der Waals surface area contributed by atoms with Crippen molar-refractivity contribution in [2.75, 3.05) is 37.8 Å². The Morgan fingerprint density at radius 2 is 1.82 bits per heavy atom. The minimum absolute atomic E-state index is 0.0523. The Balaban J connectivity index is 1.20. The van der Waals surface area contributed by atoms with E-state index in [0.29, 0.717) is 40.6 Å². The molecule has 4 aromatic heterocycles. The number of imidazole rings is 1. The molecule has 0 bridgehead atoms. The fourth-order valence-corrected chi connectivity index (χ4v) is 5.99. The Bertz CT molecular complexity index is 2010. The Hall–Kier alpha value is -5.16. The van der Waals surface area contributed by atoms with Crippen LogP contribution in [0.15, 0.2) is 67.1 Å². The van der Waals surface area contributed by atoms with Crippen molar-refractivity contribution < 1.29 is 9.18 Å². The number of nitrogens with zero attached hydrogens (tertiary/aromatic N) is 5. The van der Waals surface area contributed by atoms with Gasteiger partial charge in [-0.05, 0) is 68.9 Å². The number of hydrogen-bond donors (Lipinski definition) is 4. The molecular weight excluding hydrogens is 569 g/mol. The average Bonchev–Trinajstić information content (AvgIpc) is 3.80. The molecule has 4 N–H and O–H groups in total. The predicted octanol–water partition coefficient (Wildman–Crippen LogP) is 6.47. The summed E-state index contributed by atoms with van der Waals surface area (Å²) < 4.78 is 14.7. The normalized spacial score (nSPS) is 13.7. The summed E-state index contributed by atoms with van der Waals surface area (Å²) in [5.74, 6) is 0.369. The summed E-state index contributed by atoms with van der Waals surface area (Å²) in [6.07, 6.45) is 9.25. The number of para-hydroxylation sites is 1. The van der Waals surface area contributed by atoms with E-state index in [2.05, 4.69) is 40.7 Å². The number of carbonyl (C=O) groups excluding carboxylic acids is 1. The molecule has 11 heteroatoms. The molecule has 0 unspecified atom stereocenters. The minimum Gasteiger partial charge on any atom is -0.384 e. The van der Waals surface area contributed by atoms with Crippen molar-refractivity contribution in [3.8, 4) is 33.8 Å². The highest BCUT2D eigenvalue weighted by Crippen LogP contribution is 2.34. The second kappa shape index (κ2) is 12.1. The average molecular weight is 604 g/mol. The van der Waals surface area contributed by atoms with Crippen LogP contribution in [0.1, 0.15) is 25.7 Å². The van der Waals surface area contributed by atoms with E-state index >= 15 is 0 Å². The van der Waals surface area contributed by atoms with E-state index in [9.17, 15) is 9.18 Å². The first-order valence-corrected chi connectivity index (χ1v) is 15.2. The molecule has 10 nitrogen and oxygen atoms in total. The highest BCUT2D eigenvalue weighted by atomic mass is 19.1. The first-order valence-electron chi connectivity index (χ1n) is 15.2. The van der Waals surface area contributed by atoms with Crippen molar-refractivity contribution >= 4 is 39.3 Å². The number of aromatic amines is 2. The zero-order valence-electron chi connectivity index (χ0n) is 25.2. The van der Waals surface area contributed by atoms with Crippen LogP contribution < -0.4 is 10.6 Å². The number of rotatable bonds is 9. The van der Waals surface area contributed by atoms with Crippen LogP contribution in [0, 0.1) is 11.7 Å². The summed E-state index contributed by atoms with van der Waals surface area (Å²) in [6, 6.07) is 14.7. The first-order chi connectivity index (χ1) is 21.9. The zero-order chi connectivity index (χ0) is 30.9. The number of anilines is 2. The van der Waals surface area contributed by atoms with Gasteiger partial charge < -0.3 is 20.5 Å². The SMILES string of the molecule is CN(C)CCNc1cc(F)cc(-c2cccc3[nH]c(-c4n[nH]c5ncc(-c6cncc(NC(=O)C7CCCC7)c6)cc45)nc23)c1. The van der Waals surface area contributed by atoms with Crippen molar-refractivity contribution in [3.63, 3.8) is 0 Å². The molecule has 0 saturated heterocycles. The topological polar surface area (TPSA) is 128 Å². The van der Waals surface area contributed by atoms with E-state index in [1.165, 1.54) is 12.1 Å². The largest absolute Gasteiger partial charge is 0.384 e. The maximum atomic E-state index is 14.7. The van der Waals surface area contributed by atoms with Crippen molar-refractivity contribution in [2.24, 2.45) is 5.92 Å². The molecule has 7 rings (SSSR count). The number of pyridine rings is 2. The summed E-state index contributed by atoms with van der Waals surface area (Å²) in [5, 5.41) is 14.7. The van der Waals surface area contributed by atoms with Gasteiger partial charge in [0.1, 0.15) is 11.5 Å². The van der Waals surface area contributed by atoms with Crippen molar-refractivity contribution in [2.45, 2.75) is 25.7 Å². The standard InChI is InChI=1S/C34H34FN9O/c1-44(2)11-10-37-25-13-21(12-24(35)16-25)27-8-5-9-29-30(27)41-33(40-29)31-28-15-23(18-38-32(28)43-42-31)22-14-26(19-36-17-22)39-34(45)20-6-3-4-7-20/h5,8-9,12-20,37H,3-4,6-7,10-11H2,1-2H3,(H,39,45)(H,40,41)(H,38,42,43). The van der Waals surface area contributed by atoms with Crippen LogP contribution in [0.3, 0.4) is 0 Å². The number of aromatic nitrogens is 6. The van der Waals surface area contributed by atoms with Gasteiger partial charge >= 0.3 is 0 Å². The minimum atomic E-state index is -0.318. The van der Waals surface area contributed by atoms with E-state index in [0.717, 1.165) is 65.4 Å². The van der Waals surface area contributed by atoms with Gasteiger partial charge in [0.05, 0.1) is 28.3 Å². The molecule has 1 saturated carbocycles. The fourth-order valence-electron chi connectivity index (χ4n) is 5.99. The molecule has 2 aromatic carbocycles. The van der Waals surface area contributed by atoms with Gasteiger partial charge in [0.15, 0.2) is 11.5 Å². The van der Waals surface area contributed by atoms with Gasteiger partial charge in [0, 0.05) is 53.8 Å². The molecule has 0 radical (unpaired) electrons. The molecule has 1 aliphatic rings. The number of likely N-dealkylation sites (N-methyl/N-ethyl adjacent to an activating group) is 1. The van der Waals surface area contributed by atoms with Crippen LogP contribution in [0.25, 0.3) is 55.8 Å². The number of nitrogens with one attached hydrogen (secondary N) is 4. The van der Waals surface area contributed by atoms with E-state index in [1.807, 2.05) is 50.5 Å². The molecule has 6 aromatic rings. The van der Waals surface area contributed by atoms with E-state index in [-0.39, 0.29) is 17.6 Å². The van der Waals surface area contributed by atoms with Gasteiger partial charge in [-0.25, -0.2) is 14.4 Å². The van der Waals surface area contributed by atoms with Gasteiger partial charge in [0.2, 0.25) is 5.91 Å². The van der Waals surface area contributed by atoms with E-state index in [4.69, 9.17) is 4.98 Å². The van der Waals surface area contributed by atoms with Gasteiger partial charge in [-0.1, -0.05) is 25.0 Å².